The molecule has 4 unspecified atom stereocenters. The van der Waals surface area contributed by atoms with Gasteiger partial charge in [0, 0.05) is 48.4 Å². The second kappa shape index (κ2) is 26.6. The molecular weight excluding hydrogens is 1130 g/mol. The van der Waals surface area contributed by atoms with Crippen LogP contribution in [0.1, 0.15) is 30.5 Å². The highest BCUT2D eigenvalue weighted by Crippen LogP contribution is 2.94. The lowest BCUT2D eigenvalue weighted by Crippen LogP contribution is -2.18. The molecule has 0 saturated carbocycles. The molecule has 0 amide bonds. The standard InChI is InChI=1S/C36H58N6O7P6S10/c1-30-6-8-31(9-7-30)36(2,3)32-10-12-34(13-11-32)48-52(46-5)38-50(28-43,45-4)37-51(29-44,39-52)47-33-14-16-35(17-15-33)49-53(61-23-18-56)40-54(62-24-19-57,63-25-20-58)42-55(41-53,64-26-21-59)65-27-22-60/h6-17,43-44,56-60H,18-29H2,1-5H3. The van der Waals surface area contributed by atoms with Crippen molar-refractivity contribution in [2.45, 2.75) is 26.2 Å². The van der Waals surface area contributed by atoms with Gasteiger partial charge >= 0.3 is 14.3 Å². The zero-order valence-corrected chi connectivity index (χ0v) is 50.4. The summed E-state index contributed by atoms with van der Waals surface area (Å²) in [6, 6.07) is 23.2. The van der Waals surface area contributed by atoms with Crippen LogP contribution in [0.3, 0.4) is 0 Å². The number of aliphatic hydroxyl groups excluding tert-OH is 2. The summed E-state index contributed by atoms with van der Waals surface area (Å²) in [7, 11) is -7.83. The van der Waals surface area contributed by atoms with E-state index in [1.807, 2.05) is 24.3 Å². The van der Waals surface area contributed by atoms with E-state index in [0.717, 1.165) is 28.6 Å². The number of nitrogens with zero attached hydrogens (tertiary/aromatic N) is 6. The fourth-order valence-electron chi connectivity index (χ4n) is 5.83. The molecule has 2 heterocycles. The highest BCUT2D eigenvalue weighted by molar-refractivity contribution is 8.96. The van der Waals surface area contributed by atoms with Gasteiger partial charge in [-0.3, -0.25) is 0 Å². The van der Waals surface area contributed by atoms with Gasteiger partial charge < -0.3 is 32.8 Å². The molecule has 5 rings (SSSR count). The number of aliphatic hydroxyl groups is 2. The highest BCUT2D eigenvalue weighted by Gasteiger charge is 2.43. The number of hydrogen-bond acceptors (Lipinski definition) is 23. The number of benzene rings is 3. The Labute approximate surface area is 433 Å². The van der Waals surface area contributed by atoms with Crippen molar-refractivity contribution >= 4 is 160 Å². The maximum absolute atomic E-state index is 11.1. The molecule has 3 aromatic rings. The molecule has 0 radical (unpaired) electrons. The van der Waals surface area contributed by atoms with Crippen molar-refractivity contribution < 1.29 is 32.8 Å². The van der Waals surface area contributed by atoms with Crippen LogP contribution in [0.2, 0.25) is 0 Å². The zero-order valence-electron chi connectivity index (χ0n) is 36.5. The molecule has 4 atom stereocenters. The SMILES string of the molecule is COP1(CO)=NP(OC)(Oc2ccc(C(C)(C)c3ccc(C)cc3)cc2)=NP(CO)(Oc2ccc(OP3(SCCS)=NP(SCCS)(SCCS)=NP(SCCS)(SCCS)=N3)cc2)=N1. The highest BCUT2D eigenvalue weighted by atomic mass is 33.1. The van der Waals surface area contributed by atoms with Crippen molar-refractivity contribution in [1.29, 1.82) is 0 Å². The van der Waals surface area contributed by atoms with Gasteiger partial charge in [-0.1, -0.05) is 113 Å². The zero-order chi connectivity index (χ0) is 47.2. The second-order valence-corrected chi connectivity index (χ2v) is 45.1. The maximum Gasteiger partial charge on any atom is 0.399 e. The molecule has 3 aromatic carbocycles. The van der Waals surface area contributed by atoms with E-state index in [-0.39, 0.29) is 5.41 Å². The molecule has 29 heteroatoms. The molecule has 13 nitrogen and oxygen atoms in total. The molecule has 2 aliphatic rings. The van der Waals surface area contributed by atoms with Crippen molar-refractivity contribution in [3.8, 4) is 17.2 Å². The van der Waals surface area contributed by atoms with Crippen molar-refractivity contribution in [3.63, 3.8) is 0 Å². The molecule has 2 aliphatic heterocycles. The first-order chi connectivity index (χ1) is 31.1. The van der Waals surface area contributed by atoms with E-state index >= 15 is 0 Å². The van der Waals surface area contributed by atoms with Crippen LogP contribution in [0.25, 0.3) is 0 Å². The number of rotatable bonds is 27. The van der Waals surface area contributed by atoms with E-state index in [2.05, 4.69) is 108 Å². The van der Waals surface area contributed by atoms with E-state index in [1.54, 1.807) is 81.2 Å². The Bertz CT molecular complexity index is 2350. The first-order valence-corrected chi connectivity index (χ1v) is 41.2. The maximum atomic E-state index is 11.1. The number of hydrogen-bond donors (Lipinski definition) is 7. The topological polar surface area (TPSA) is 161 Å². The largest absolute Gasteiger partial charge is 0.440 e. The minimum absolute atomic E-state index is 0.285. The van der Waals surface area contributed by atoms with E-state index in [0.29, 0.717) is 51.8 Å². The van der Waals surface area contributed by atoms with Gasteiger partial charge in [-0.25, -0.2) is 4.52 Å². The second-order valence-electron chi connectivity index (χ2n) is 14.0. The fraction of sp³-hybridized carbons (Fsp3) is 0.500. The van der Waals surface area contributed by atoms with Crippen molar-refractivity contribution in [3.05, 3.63) is 89.5 Å². The molecular formula is C36H58N6O7P6S10. The number of aryl methyl sites for hydroxylation is 1. The van der Waals surface area contributed by atoms with Crippen LogP contribution in [0, 0.1) is 6.92 Å². The quantitative estimate of drug-likeness (QED) is 0.0286. The van der Waals surface area contributed by atoms with E-state index in [1.165, 1.54) is 25.3 Å². The lowest BCUT2D eigenvalue weighted by atomic mass is 9.78. The molecule has 0 bridgehead atoms. The van der Waals surface area contributed by atoms with Gasteiger partial charge in [0.2, 0.25) is 7.43 Å². The van der Waals surface area contributed by atoms with Crippen LogP contribution in [-0.4, -0.2) is 94.7 Å². The summed E-state index contributed by atoms with van der Waals surface area (Å²) in [4.78, 5) is 0. The third kappa shape index (κ3) is 15.4. The molecule has 65 heavy (non-hydrogen) atoms. The van der Waals surface area contributed by atoms with Crippen LogP contribution in [-0.2, 0) is 14.5 Å². The van der Waals surface area contributed by atoms with Crippen LogP contribution in [0.5, 0.6) is 17.2 Å². The molecule has 0 saturated heterocycles. The minimum Gasteiger partial charge on any atom is -0.440 e. The summed E-state index contributed by atoms with van der Waals surface area (Å²) in [5.41, 5.74) is -1.76. The van der Waals surface area contributed by atoms with Gasteiger partial charge in [-0.2, -0.15) is 81.2 Å². The lowest BCUT2D eigenvalue weighted by Gasteiger charge is -2.34. The van der Waals surface area contributed by atoms with Crippen LogP contribution in [0.15, 0.2) is 99.9 Å². The van der Waals surface area contributed by atoms with E-state index < -0.39 is 53.1 Å². The van der Waals surface area contributed by atoms with Gasteiger partial charge in [0.1, 0.15) is 29.9 Å². The third-order valence-electron chi connectivity index (χ3n) is 8.99. The molecule has 0 spiro atoms. The van der Waals surface area contributed by atoms with Crippen molar-refractivity contribution in [1.82, 2.24) is 0 Å². The average Bonchev–Trinajstić information content (AvgIpc) is 3.31. The third-order valence-corrected chi connectivity index (χ3v) is 48.5. The van der Waals surface area contributed by atoms with Gasteiger partial charge in [0.25, 0.3) is 7.43 Å². The summed E-state index contributed by atoms with van der Waals surface area (Å²) in [5.74, 6) is 8.44. The van der Waals surface area contributed by atoms with Gasteiger partial charge in [-0.05, 0) is 83.2 Å². The van der Waals surface area contributed by atoms with Crippen molar-refractivity contribution in [2.75, 3.05) is 84.4 Å². The number of thiol groups is 5. The smallest absolute Gasteiger partial charge is 0.399 e. The lowest BCUT2D eigenvalue weighted by molar-refractivity contribution is 0.333. The summed E-state index contributed by atoms with van der Waals surface area (Å²) >= 11 is 31.5. The normalized spacial score (nSPS) is 24.6. The first-order valence-electron chi connectivity index (χ1n) is 19.9. The first kappa shape index (κ1) is 57.7. The Morgan fingerprint density at radius 3 is 1.38 bits per heavy atom. The van der Waals surface area contributed by atoms with E-state index in [9.17, 15) is 10.2 Å². The Morgan fingerprint density at radius 2 is 0.923 bits per heavy atom. The predicted octanol–water partition coefficient (Wildman–Crippen LogP) is 16.5. The predicted molar refractivity (Wildman–Crippen MR) is 314 cm³/mol. The van der Waals surface area contributed by atoms with Gasteiger partial charge in [0.05, 0.1) is 0 Å². The van der Waals surface area contributed by atoms with Gasteiger partial charge in [0.15, 0.2) is 11.2 Å². The monoisotopic (exact) mass is 1190 g/mol. The summed E-state index contributed by atoms with van der Waals surface area (Å²) in [6.45, 7) is 3.45. The Balaban J connectivity index is 1.54. The molecule has 0 fully saturated rings. The minimum atomic E-state index is -3.65. The summed E-state index contributed by atoms with van der Waals surface area (Å²) in [6.07, 6.45) is -1.20. The molecule has 0 aromatic heterocycles. The van der Waals surface area contributed by atoms with E-state index in [4.69, 9.17) is 49.7 Å². The summed E-state index contributed by atoms with van der Waals surface area (Å²) < 4.78 is 63.2. The molecule has 0 aliphatic carbocycles. The Morgan fingerprint density at radius 1 is 0.492 bits per heavy atom. The Kier molecular flexibility index (Phi) is 23.6. The van der Waals surface area contributed by atoms with Crippen LogP contribution >= 0.6 is 160 Å². The molecule has 364 valence electrons. The Hall–Kier alpha value is 1.78. The average molecular weight is 1190 g/mol. The fourth-order valence-corrected chi connectivity index (χ4v) is 55.5. The van der Waals surface area contributed by atoms with Crippen LogP contribution in [0.4, 0.5) is 0 Å². The van der Waals surface area contributed by atoms with Gasteiger partial charge in [-0.15, -0.1) is 4.52 Å². The molecule has 2 N–H and O–H groups in total. The summed E-state index contributed by atoms with van der Waals surface area (Å²) in [5, 5.41) is 21.8. The van der Waals surface area contributed by atoms with Crippen LogP contribution < -0.4 is 13.6 Å². The van der Waals surface area contributed by atoms with Crippen molar-refractivity contribution in [2.24, 2.45) is 27.1 Å².